The highest BCUT2D eigenvalue weighted by atomic mass is 35.5. The summed E-state index contributed by atoms with van der Waals surface area (Å²) in [7, 11) is 4.00. The van der Waals surface area contributed by atoms with Crippen LogP contribution in [-0.4, -0.2) is 27.5 Å². The van der Waals surface area contributed by atoms with Gasteiger partial charge in [-0.25, -0.2) is 0 Å². The van der Waals surface area contributed by atoms with E-state index >= 15 is 0 Å². The lowest BCUT2D eigenvalue weighted by Crippen LogP contribution is -2.28. The maximum Gasteiger partial charge on any atom is 0.407 e. The van der Waals surface area contributed by atoms with Crippen LogP contribution >= 0.6 is 12.4 Å². The summed E-state index contributed by atoms with van der Waals surface area (Å²) >= 11 is 0. The van der Waals surface area contributed by atoms with Gasteiger partial charge in [-0.1, -0.05) is 0 Å². The highest BCUT2D eigenvalue weighted by Crippen LogP contribution is 2.41. The minimum atomic E-state index is -4.54. The Kier molecular flexibility index (Phi) is 6.24. The molecule has 0 saturated heterocycles. The van der Waals surface area contributed by atoms with Gasteiger partial charge in [0, 0.05) is 0 Å². The molecular formula is C11H15ClF3NO3. The van der Waals surface area contributed by atoms with Crippen molar-refractivity contribution in [3.8, 4) is 17.2 Å². The molecule has 2 N–H and O–H groups in total. The molecule has 0 aliphatic rings. The van der Waals surface area contributed by atoms with Gasteiger partial charge in [0.25, 0.3) is 0 Å². The maximum atomic E-state index is 12.6. The van der Waals surface area contributed by atoms with E-state index in [1.165, 1.54) is 33.5 Å². The Morgan fingerprint density at radius 2 is 1.42 bits per heavy atom. The SMILES string of the molecule is COc1cc(C(N)C(F)(F)F)cc(OC)c1OC.Cl. The summed E-state index contributed by atoms with van der Waals surface area (Å²) in [5.41, 5.74) is 4.98. The quantitative estimate of drug-likeness (QED) is 0.929. The fourth-order valence-corrected chi connectivity index (χ4v) is 1.47. The number of rotatable bonds is 4. The number of benzene rings is 1. The highest BCUT2D eigenvalue weighted by molar-refractivity contribution is 5.85. The molecule has 0 aromatic heterocycles. The molecule has 1 aromatic carbocycles. The molecule has 1 aromatic rings. The molecule has 110 valence electrons. The van der Waals surface area contributed by atoms with E-state index in [9.17, 15) is 13.2 Å². The zero-order valence-electron chi connectivity index (χ0n) is 10.6. The molecular weight excluding hydrogens is 287 g/mol. The monoisotopic (exact) mass is 301 g/mol. The predicted molar refractivity (Wildman–Crippen MR) is 66.3 cm³/mol. The second-order valence-corrected chi connectivity index (χ2v) is 3.48. The van der Waals surface area contributed by atoms with Gasteiger partial charge in [-0.2, -0.15) is 13.2 Å². The number of ether oxygens (including phenoxy) is 3. The van der Waals surface area contributed by atoms with Gasteiger partial charge >= 0.3 is 6.18 Å². The number of hydrogen-bond donors (Lipinski definition) is 1. The number of alkyl halides is 3. The molecule has 0 saturated carbocycles. The second-order valence-electron chi connectivity index (χ2n) is 3.48. The molecule has 0 fully saturated rings. The Morgan fingerprint density at radius 1 is 1.00 bits per heavy atom. The first-order chi connectivity index (χ1) is 8.35. The summed E-state index contributed by atoms with van der Waals surface area (Å²) in [6, 6.07) is 0.255. The van der Waals surface area contributed by atoms with E-state index in [-0.39, 0.29) is 35.2 Å². The van der Waals surface area contributed by atoms with Crippen LogP contribution in [-0.2, 0) is 0 Å². The van der Waals surface area contributed by atoms with Gasteiger partial charge in [0.2, 0.25) is 5.75 Å². The number of halogens is 4. The minimum Gasteiger partial charge on any atom is -0.493 e. The van der Waals surface area contributed by atoms with E-state index in [0.717, 1.165) is 0 Å². The van der Waals surface area contributed by atoms with E-state index in [1.54, 1.807) is 0 Å². The fraction of sp³-hybridized carbons (Fsp3) is 0.455. The van der Waals surface area contributed by atoms with Crippen molar-refractivity contribution in [1.29, 1.82) is 0 Å². The first-order valence-electron chi connectivity index (χ1n) is 4.97. The van der Waals surface area contributed by atoms with E-state index in [0.29, 0.717) is 0 Å². The van der Waals surface area contributed by atoms with Crippen LogP contribution in [0.15, 0.2) is 12.1 Å². The van der Waals surface area contributed by atoms with E-state index in [2.05, 4.69) is 0 Å². The van der Waals surface area contributed by atoms with Crippen molar-refractivity contribution < 1.29 is 27.4 Å². The van der Waals surface area contributed by atoms with Gasteiger partial charge in [-0.15, -0.1) is 12.4 Å². The molecule has 0 radical (unpaired) electrons. The van der Waals surface area contributed by atoms with Crippen LogP contribution in [0, 0.1) is 0 Å². The Balaban J connectivity index is 0.00000324. The molecule has 1 atom stereocenters. The lowest BCUT2D eigenvalue weighted by atomic mass is 10.1. The minimum absolute atomic E-state index is 0. The standard InChI is InChI=1S/C11H14F3NO3.ClH/c1-16-7-4-6(10(15)11(12,13)14)5-8(17-2)9(7)18-3;/h4-5,10H,15H2,1-3H3;1H. The summed E-state index contributed by atoms with van der Waals surface area (Å²) in [6.45, 7) is 0. The van der Waals surface area contributed by atoms with Crippen LogP contribution in [0.3, 0.4) is 0 Å². The summed E-state index contributed by atoms with van der Waals surface area (Å²) < 4.78 is 52.6. The van der Waals surface area contributed by atoms with Gasteiger partial charge in [-0.3, -0.25) is 0 Å². The third kappa shape index (κ3) is 3.81. The Morgan fingerprint density at radius 3 is 1.68 bits per heavy atom. The number of nitrogens with two attached hydrogens (primary N) is 1. The Labute approximate surface area is 115 Å². The smallest absolute Gasteiger partial charge is 0.407 e. The van der Waals surface area contributed by atoms with Crippen LogP contribution in [0.2, 0.25) is 0 Å². The molecule has 0 bridgehead atoms. The van der Waals surface area contributed by atoms with Crippen LogP contribution in [0.4, 0.5) is 13.2 Å². The number of hydrogen-bond acceptors (Lipinski definition) is 4. The van der Waals surface area contributed by atoms with Gasteiger partial charge in [0.1, 0.15) is 6.04 Å². The largest absolute Gasteiger partial charge is 0.493 e. The van der Waals surface area contributed by atoms with Crippen LogP contribution in [0.25, 0.3) is 0 Å². The molecule has 0 spiro atoms. The van der Waals surface area contributed by atoms with Crippen LogP contribution < -0.4 is 19.9 Å². The molecule has 0 aliphatic heterocycles. The third-order valence-electron chi connectivity index (χ3n) is 2.40. The van der Waals surface area contributed by atoms with E-state index < -0.39 is 12.2 Å². The predicted octanol–water partition coefficient (Wildman–Crippen LogP) is 2.70. The first kappa shape index (κ1) is 17.7. The zero-order chi connectivity index (χ0) is 13.9. The Bertz CT molecular complexity index is 401. The number of methoxy groups -OCH3 is 3. The molecule has 1 rings (SSSR count). The summed E-state index contributed by atoms with van der Waals surface area (Å²) in [5.74, 6) is 0.483. The maximum absolute atomic E-state index is 12.6. The van der Waals surface area contributed by atoms with Crippen molar-refractivity contribution in [1.82, 2.24) is 0 Å². The molecule has 0 aliphatic carbocycles. The highest BCUT2D eigenvalue weighted by Gasteiger charge is 2.38. The van der Waals surface area contributed by atoms with E-state index in [4.69, 9.17) is 19.9 Å². The molecule has 8 heteroatoms. The normalized spacial score (nSPS) is 12.4. The average Bonchev–Trinajstić information content (AvgIpc) is 2.34. The van der Waals surface area contributed by atoms with Crippen molar-refractivity contribution in [3.05, 3.63) is 17.7 Å². The van der Waals surface area contributed by atoms with Crippen LogP contribution in [0.1, 0.15) is 11.6 Å². The van der Waals surface area contributed by atoms with Gasteiger partial charge in [-0.05, 0) is 17.7 Å². The van der Waals surface area contributed by atoms with Gasteiger partial charge in [0.05, 0.1) is 21.3 Å². The van der Waals surface area contributed by atoms with E-state index in [1.807, 2.05) is 0 Å². The van der Waals surface area contributed by atoms with Crippen molar-refractivity contribution in [2.75, 3.05) is 21.3 Å². The fourth-order valence-electron chi connectivity index (χ4n) is 1.47. The van der Waals surface area contributed by atoms with Gasteiger partial charge < -0.3 is 19.9 Å². The zero-order valence-corrected chi connectivity index (χ0v) is 11.4. The average molecular weight is 302 g/mol. The van der Waals surface area contributed by atoms with Crippen molar-refractivity contribution in [3.63, 3.8) is 0 Å². The summed E-state index contributed by atoms with van der Waals surface area (Å²) in [6.07, 6.45) is -4.54. The van der Waals surface area contributed by atoms with Crippen molar-refractivity contribution in [2.24, 2.45) is 5.73 Å². The molecule has 4 nitrogen and oxygen atoms in total. The molecule has 0 amide bonds. The first-order valence-corrected chi connectivity index (χ1v) is 4.97. The summed E-state index contributed by atoms with van der Waals surface area (Å²) in [4.78, 5) is 0. The lowest BCUT2D eigenvalue weighted by Gasteiger charge is -2.19. The van der Waals surface area contributed by atoms with Gasteiger partial charge in [0.15, 0.2) is 11.5 Å². The topological polar surface area (TPSA) is 53.7 Å². The molecule has 1 unspecified atom stereocenters. The molecule has 19 heavy (non-hydrogen) atoms. The van der Waals surface area contributed by atoms with Crippen molar-refractivity contribution >= 4 is 12.4 Å². The Hall–Kier alpha value is -1.34. The third-order valence-corrected chi connectivity index (χ3v) is 2.40. The summed E-state index contributed by atoms with van der Waals surface area (Å²) in [5, 5.41) is 0. The van der Waals surface area contributed by atoms with Crippen LogP contribution in [0.5, 0.6) is 17.2 Å². The van der Waals surface area contributed by atoms with Crippen molar-refractivity contribution in [2.45, 2.75) is 12.2 Å². The lowest BCUT2D eigenvalue weighted by molar-refractivity contribution is -0.149. The second kappa shape index (κ2) is 6.72. The molecule has 0 heterocycles.